The Labute approximate surface area is 131 Å². The van der Waals surface area contributed by atoms with E-state index in [4.69, 9.17) is 4.74 Å². The zero-order valence-corrected chi connectivity index (χ0v) is 13.8. The molecule has 0 unspecified atom stereocenters. The third-order valence-corrected chi connectivity index (χ3v) is 4.37. The van der Waals surface area contributed by atoms with Crippen molar-refractivity contribution in [3.63, 3.8) is 0 Å². The van der Waals surface area contributed by atoms with E-state index in [1.54, 1.807) is 11.9 Å². The summed E-state index contributed by atoms with van der Waals surface area (Å²) >= 11 is 1.75. The highest BCUT2D eigenvalue weighted by Gasteiger charge is 2.27. The number of nitrogens with one attached hydrogen (secondary N) is 1. The fraction of sp³-hybridized carbons (Fsp3) is 0.562. The van der Waals surface area contributed by atoms with Gasteiger partial charge in [0, 0.05) is 24.0 Å². The lowest BCUT2D eigenvalue weighted by atomic mass is 10.1. The Morgan fingerprint density at radius 2 is 1.86 bits per heavy atom. The molecule has 1 N–H and O–H groups in total. The van der Waals surface area contributed by atoms with Crippen molar-refractivity contribution >= 4 is 23.7 Å². The van der Waals surface area contributed by atoms with E-state index in [-0.39, 0.29) is 6.09 Å². The van der Waals surface area contributed by atoms with Gasteiger partial charge in [0.2, 0.25) is 0 Å². The van der Waals surface area contributed by atoms with Gasteiger partial charge in [-0.2, -0.15) is 0 Å². The smallest absolute Gasteiger partial charge is 0.410 e. The maximum absolute atomic E-state index is 12.0. The van der Waals surface area contributed by atoms with Crippen molar-refractivity contribution in [2.75, 3.05) is 17.8 Å². The van der Waals surface area contributed by atoms with E-state index in [0.29, 0.717) is 5.25 Å². The van der Waals surface area contributed by atoms with Crippen LogP contribution in [0.4, 0.5) is 10.5 Å². The molecular formula is C16H24N2O2S. The highest BCUT2D eigenvalue weighted by atomic mass is 32.2. The van der Waals surface area contributed by atoms with Crippen molar-refractivity contribution in [1.29, 1.82) is 0 Å². The average molecular weight is 308 g/mol. The second-order valence-corrected chi connectivity index (χ2v) is 7.36. The zero-order chi connectivity index (χ0) is 15.3. The molecule has 0 aromatic heterocycles. The van der Waals surface area contributed by atoms with Crippen LogP contribution in [0, 0.1) is 0 Å². The van der Waals surface area contributed by atoms with Gasteiger partial charge >= 0.3 is 6.09 Å². The highest BCUT2D eigenvalue weighted by Crippen LogP contribution is 2.25. The topological polar surface area (TPSA) is 41.6 Å². The van der Waals surface area contributed by atoms with Crippen molar-refractivity contribution in [2.24, 2.45) is 0 Å². The Morgan fingerprint density at radius 1 is 1.24 bits per heavy atom. The van der Waals surface area contributed by atoms with E-state index in [9.17, 15) is 4.79 Å². The van der Waals surface area contributed by atoms with E-state index < -0.39 is 5.60 Å². The molecule has 0 bridgehead atoms. The molecule has 1 aromatic carbocycles. The van der Waals surface area contributed by atoms with Crippen LogP contribution in [0.1, 0.15) is 33.6 Å². The number of rotatable bonds is 3. The Balaban J connectivity index is 1.72. The molecule has 1 amide bonds. The van der Waals surface area contributed by atoms with Gasteiger partial charge in [-0.3, -0.25) is 0 Å². The van der Waals surface area contributed by atoms with E-state index in [0.717, 1.165) is 31.6 Å². The Bertz CT molecular complexity index is 451. The van der Waals surface area contributed by atoms with Gasteiger partial charge in [-0.25, -0.2) is 4.79 Å². The molecule has 1 fully saturated rings. The molecule has 5 heteroatoms. The molecule has 0 radical (unpaired) electrons. The van der Waals surface area contributed by atoms with Gasteiger partial charge in [0.25, 0.3) is 0 Å². The van der Waals surface area contributed by atoms with Gasteiger partial charge in [0.1, 0.15) is 5.60 Å². The van der Waals surface area contributed by atoms with Crippen molar-refractivity contribution in [3.05, 3.63) is 30.3 Å². The van der Waals surface area contributed by atoms with Gasteiger partial charge in [-0.05, 0) is 57.7 Å². The zero-order valence-electron chi connectivity index (χ0n) is 13.0. The molecule has 1 heterocycles. The molecule has 0 spiro atoms. The minimum atomic E-state index is -0.419. The van der Waals surface area contributed by atoms with Crippen LogP contribution in [-0.2, 0) is 4.74 Å². The first-order valence-corrected chi connectivity index (χ1v) is 8.27. The fourth-order valence-corrected chi connectivity index (χ4v) is 3.03. The minimum Gasteiger partial charge on any atom is -0.444 e. The molecule has 4 nitrogen and oxygen atoms in total. The van der Waals surface area contributed by atoms with Crippen LogP contribution < -0.4 is 4.72 Å². The lowest BCUT2D eigenvalue weighted by molar-refractivity contribution is 0.0219. The van der Waals surface area contributed by atoms with Gasteiger partial charge in [0.05, 0.1) is 0 Å². The van der Waals surface area contributed by atoms with Gasteiger partial charge in [0.15, 0.2) is 0 Å². The van der Waals surface area contributed by atoms with Crippen molar-refractivity contribution in [2.45, 2.75) is 44.5 Å². The maximum atomic E-state index is 12.0. The summed E-state index contributed by atoms with van der Waals surface area (Å²) in [7, 11) is 0. The van der Waals surface area contributed by atoms with Crippen LogP contribution in [0.15, 0.2) is 30.3 Å². The second kappa shape index (κ2) is 7.07. The number of nitrogens with zero attached hydrogens (tertiary/aromatic N) is 1. The first-order chi connectivity index (χ1) is 9.94. The molecule has 1 aromatic rings. The summed E-state index contributed by atoms with van der Waals surface area (Å²) in [6.45, 7) is 7.23. The Kier molecular flexibility index (Phi) is 5.39. The number of benzene rings is 1. The first-order valence-electron chi connectivity index (χ1n) is 7.39. The number of para-hydroxylation sites is 1. The van der Waals surface area contributed by atoms with Gasteiger partial charge < -0.3 is 14.4 Å². The van der Waals surface area contributed by atoms with E-state index in [1.807, 2.05) is 43.9 Å². The average Bonchev–Trinajstić information content (AvgIpc) is 2.45. The summed E-state index contributed by atoms with van der Waals surface area (Å²) in [6, 6.07) is 10.2. The number of carbonyl (C=O) groups is 1. The predicted octanol–water partition coefficient (Wildman–Crippen LogP) is 4.15. The number of piperidine rings is 1. The van der Waals surface area contributed by atoms with Crippen LogP contribution in [0.2, 0.25) is 0 Å². The van der Waals surface area contributed by atoms with Crippen molar-refractivity contribution in [3.8, 4) is 0 Å². The van der Waals surface area contributed by atoms with E-state index >= 15 is 0 Å². The minimum absolute atomic E-state index is 0.193. The van der Waals surface area contributed by atoms with Crippen LogP contribution >= 0.6 is 11.9 Å². The van der Waals surface area contributed by atoms with Gasteiger partial charge in [-0.1, -0.05) is 18.2 Å². The Hall–Kier alpha value is -1.36. The number of carbonyl (C=O) groups excluding carboxylic acids is 1. The summed E-state index contributed by atoms with van der Waals surface area (Å²) < 4.78 is 8.78. The molecule has 0 atom stereocenters. The summed E-state index contributed by atoms with van der Waals surface area (Å²) in [5.41, 5.74) is 0.703. The number of amides is 1. The molecule has 21 heavy (non-hydrogen) atoms. The number of ether oxygens (including phenoxy) is 1. The molecule has 2 rings (SSSR count). The number of anilines is 1. The maximum Gasteiger partial charge on any atom is 0.410 e. The highest BCUT2D eigenvalue weighted by molar-refractivity contribution is 8.01. The van der Waals surface area contributed by atoms with Crippen LogP contribution in [0.5, 0.6) is 0 Å². The van der Waals surface area contributed by atoms with Crippen LogP contribution in [-0.4, -0.2) is 34.9 Å². The molecule has 0 aliphatic carbocycles. The SMILES string of the molecule is CC(C)(C)OC(=O)N1CCC(SNc2ccccc2)CC1. The van der Waals surface area contributed by atoms with Gasteiger partial charge in [-0.15, -0.1) is 0 Å². The third kappa shape index (κ3) is 5.50. The molecule has 1 aliphatic heterocycles. The molecule has 1 aliphatic rings. The number of hydrogen-bond acceptors (Lipinski definition) is 4. The molecule has 1 saturated heterocycles. The monoisotopic (exact) mass is 308 g/mol. The summed E-state index contributed by atoms with van der Waals surface area (Å²) in [4.78, 5) is 13.8. The Morgan fingerprint density at radius 3 is 2.43 bits per heavy atom. The first kappa shape index (κ1) is 16.0. The quantitative estimate of drug-likeness (QED) is 0.852. The lowest BCUT2D eigenvalue weighted by Crippen LogP contribution is -2.42. The second-order valence-electron chi connectivity index (χ2n) is 6.25. The molecular weight excluding hydrogens is 284 g/mol. The van der Waals surface area contributed by atoms with E-state index in [1.165, 1.54) is 0 Å². The fourth-order valence-electron chi connectivity index (χ4n) is 2.14. The standard InChI is InChI=1S/C16H24N2O2S/c1-16(2,3)20-15(19)18-11-9-14(10-12-18)21-17-13-7-5-4-6-8-13/h4-8,14,17H,9-12H2,1-3H3. The summed E-state index contributed by atoms with van der Waals surface area (Å²) in [5, 5.41) is 0.531. The van der Waals surface area contributed by atoms with E-state index in [2.05, 4.69) is 16.9 Å². The third-order valence-electron chi connectivity index (χ3n) is 3.21. The van der Waals surface area contributed by atoms with Crippen LogP contribution in [0.3, 0.4) is 0 Å². The van der Waals surface area contributed by atoms with Crippen LogP contribution in [0.25, 0.3) is 0 Å². The normalized spacial score (nSPS) is 16.6. The predicted molar refractivity (Wildman–Crippen MR) is 88.5 cm³/mol. The number of likely N-dealkylation sites (tertiary alicyclic amines) is 1. The molecule has 0 saturated carbocycles. The largest absolute Gasteiger partial charge is 0.444 e. The summed E-state index contributed by atoms with van der Waals surface area (Å²) in [5.74, 6) is 0. The lowest BCUT2D eigenvalue weighted by Gasteiger charge is -2.33. The van der Waals surface area contributed by atoms with Crippen molar-refractivity contribution < 1.29 is 9.53 Å². The number of hydrogen-bond donors (Lipinski definition) is 1. The van der Waals surface area contributed by atoms with Crippen molar-refractivity contribution in [1.82, 2.24) is 4.90 Å². The summed E-state index contributed by atoms with van der Waals surface area (Å²) in [6.07, 6.45) is 1.79. The molecule has 116 valence electrons.